The van der Waals surface area contributed by atoms with Gasteiger partial charge in [-0.05, 0) is 38.0 Å². The van der Waals surface area contributed by atoms with E-state index in [2.05, 4.69) is 0 Å². The summed E-state index contributed by atoms with van der Waals surface area (Å²) in [5.41, 5.74) is 5.45. The Morgan fingerprint density at radius 2 is 2.29 bits per heavy atom. The van der Waals surface area contributed by atoms with Gasteiger partial charge >= 0.3 is 0 Å². The van der Waals surface area contributed by atoms with Crippen LogP contribution in [0.3, 0.4) is 0 Å². The molecule has 2 rings (SSSR count). The Hall–Kier alpha value is -0.940. The van der Waals surface area contributed by atoms with Crippen molar-refractivity contribution < 1.29 is 13.3 Å². The van der Waals surface area contributed by atoms with Crippen LogP contribution in [0, 0.1) is 5.82 Å². The standard InChI is InChI=1S/C12H16FNO2S/c1-8-2-3-9(16-8)7-17(15)10-4-5-12(14)11(13)6-10/h4-6,8-9H,2-3,7,14H2,1H3. The maximum absolute atomic E-state index is 13.2. The predicted octanol–water partition coefficient (Wildman–Crippen LogP) is 2.08. The molecule has 0 radical (unpaired) electrons. The van der Waals surface area contributed by atoms with E-state index in [1.165, 1.54) is 12.1 Å². The van der Waals surface area contributed by atoms with Gasteiger partial charge in [0.05, 0.1) is 34.4 Å². The molecule has 3 unspecified atom stereocenters. The van der Waals surface area contributed by atoms with E-state index in [0.29, 0.717) is 10.6 Å². The first-order valence-electron chi connectivity index (χ1n) is 5.65. The van der Waals surface area contributed by atoms with Crippen LogP contribution in [0.1, 0.15) is 19.8 Å². The minimum absolute atomic E-state index is 0.0199. The molecular weight excluding hydrogens is 241 g/mol. The topological polar surface area (TPSA) is 52.3 Å². The van der Waals surface area contributed by atoms with Crippen molar-refractivity contribution in [1.29, 1.82) is 0 Å². The van der Waals surface area contributed by atoms with E-state index in [1.54, 1.807) is 6.07 Å². The second-order valence-electron chi connectivity index (χ2n) is 4.34. The fourth-order valence-electron chi connectivity index (χ4n) is 1.92. The SMILES string of the molecule is CC1CCC(CS(=O)c2ccc(N)c(F)c2)O1. The fraction of sp³-hybridized carbons (Fsp3) is 0.500. The van der Waals surface area contributed by atoms with Gasteiger partial charge in [-0.25, -0.2) is 4.39 Å². The van der Waals surface area contributed by atoms with Crippen molar-refractivity contribution in [2.24, 2.45) is 0 Å². The molecule has 0 aromatic heterocycles. The number of anilines is 1. The third kappa shape index (κ3) is 3.04. The first kappa shape index (κ1) is 12.5. The Balaban J connectivity index is 2.02. The van der Waals surface area contributed by atoms with Crippen LogP contribution in [0.15, 0.2) is 23.1 Å². The van der Waals surface area contributed by atoms with Crippen molar-refractivity contribution in [2.45, 2.75) is 36.9 Å². The monoisotopic (exact) mass is 257 g/mol. The van der Waals surface area contributed by atoms with Gasteiger partial charge in [0, 0.05) is 4.90 Å². The molecule has 1 aliphatic heterocycles. The second-order valence-corrected chi connectivity index (χ2v) is 5.84. The highest BCUT2D eigenvalue weighted by atomic mass is 32.2. The third-order valence-corrected chi connectivity index (χ3v) is 4.35. The molecule has 17 heavy (non-hydrogen) atoms. The van der Waals surface area contributed by atoms with Gasteiger partial charge in [0.25, 0.3) is 0 Å². The van der Waals surface area contributed by atoms with Crippen molar-refractivity contribution in [3.8, 4) is 0 Å². The van der Waals surface area contributed by atoms with E-state index in [9.17, 15) is 8.60 Å². The summed E-state index contributed by atoms with van der Waals surface area (Å²) >= 11 is 0. The van der Waals surface area contributed by atoms with E-state index in [1.807, 2.05) is 6.92 Å². The lowest BCUT2D eigenvalue weighted by Crippen LogP contribution is -2.17. The smallest absolute Gasteiger partial charge is 0.147 e. The van der Waals surface area contributed by atoms with E-state index in [4.69, 9.17) is 10.5 Å². The van der Waals surface area contributed by atoms with Crippen LogP contribution in [-0.4, -0.2) is 22.2 Å². The van der Waals surface area contributed by atoms with Crippen LogP contribution in [0.4, 0.5) is 10.1 Å². The van der Waals surface area contributed by atoms with Gasteiger partial charge in [-0.15, -0.1) is 0 Å². The first-order chi connectivity index (χ1) is 8.06. The summed E-state index contributed by atoms with van der Waals surface area (Å²) in [5.74, 6) is -0.0928. The van der Waals surface area contributed by atoms with Gasteiger partial charge in [-0.1, -0.05) is 0 Å². The number of hydrogen-bond donors (Lipinski definition) is 1. The van der Waals surface area contributed by atoms with Gasteiger partial charge in [0.15, 0.2) is 0 Å². The summed E-state index contributed by atoms with van der Waals surface area (Å²) in [5, 5.41) is 0. The molecule has 0 saturated carbocycles. The molecule has 3 atom stereocenters. The summed E-state index contributed by atoms with van der Waals surface area (Å²) in [6.45, 7) is 2.01. The van der Waals surface area contributed by atoms with Gasteiger partial charge in [-0.3, -0.25) is 4.21 Å². The van der Waals surface area contributed by atoms with Crippen LogP contribution in [0.2, 0.25) is 0 Å². The highest BCUT2D eigenvalue weighted by Crippen LogP contribution is 2.22. The zero-order chi connectivity index (χ0) is 12.4. The molecule has 2 N–H and O–H groups in total. The number of benzene rings is 1. The van der Waals surface area contributed by atoms with Crippen molar-refractivity contribution in [1.82, 2.24) is 0 Å². The Morgan fingerprint density at radius 1 is 1.53 bits per heavy atom. The lowest BCUT2D eigenvalue weighted by atomic mass is 10.2. The molecule has 0 aliphatic carbocycles. The minimum atomic E-state index is -1.23. The largest absolute Gasteiger partial charge is 0.396 e. The maximum atomic E-state index is 13.2. The van der Waals surface area contributed by atoms with Gasteiger partial charge in [0.1, 0.15) is 5.82 Å². The number of halogens is 1. The minimum Gasteiger partial charge on any atom is -0.396 e. The average molecular weight is 257 g/mol. The summed E-state index contributed by atoms with van der Waals surface area (Å²) in [4.78, 5) is 0.472. The average Bonchev–Trinajstić information content (AvgIpc) is 2.68. The maximum Gasteiger partial charge on any atom is 0.147 e. The molecule has 1 aromatic carbocycles. The van der Waals surface area contributed by atoms with Crippen LogP contribution >= 0.6 is 0 Å². The molecule has 0 amide bonds. The Bertz CT molecular complexity index is 439. The molecular formula is C12H16FNO2S. The highest BCUT2D eigenvalue weighted by molar-refractivity contribution is 7.85. The predicted molar refractivity (Wildman–Crippen MR) is 65.7 cm³/mol. The molecule has 1 aliphatic rings. The van der Waals surface area contributed by atoms with Crippen molar-refractivity contribution in [2.75, 3.05) is 11.5 Å². The number of rotatable bonds is 3. The van der Waals surface area contributed by atoms with Crippen molar-refractivity contribution >= 4 is 16.5 Å². The molecule has 3 nitrogen and oxygen atoms in total. The zero-order valence-corrected chi connectivity index (χ0v) is 10.5. The lowest BCUT2D eigenvalue weighted by Gasteiger charge is -2.11. The van der Waals surface area contributed by atoms with E-state index in [-0.39, 0.29) is 17.9 Å². The van der Waals surface area contributed by atoms with Crippen LogP contribution in [-0.2, 0) is 15.5 Å². The zero-order valence-electron chi connectivity index (χ0n) is 9.69. The number of ether oxygens (including phenoxy) is 1. The Kier molecular flexibility index (Phi) is 3.79. The van der Waals surface area contributed by atoms with Crippen molar-refractivity contribution in [3.63, 3.8) is 0 Å². The summed E-state index contributed by atoms with van der Waals surface area (Å²) in [7, 11) is -1.23. The van der Waals surface area contributed by atoms with Crippen LogP contribution in [0.5, 0.6) is 0 Å². The summed E-state index contributed by atoms with van der Waals surface area (Å²) < 4.78 is 30.8. The molecule has 0 bridgehead atoms. The van der Waals surface area contributed by atoms with Crippen LogP contribution in [0.25, 0.3) is 0 Å². The van der Waals surface area contributed by atoms with E-state index < -0.39 is 16.6 Å². The Morgan fingerprint density at radius 3 is 2.88 bits per heavy atom. The number of nitrogen functional groups attached to an aromatic ring is 1. The quantitative estimate of drug-likeness (QED) is 0.843. The van der Waals surface area contributed by atoms with Gasteiger partial charge in [0.2, 0.25) is 0 Å². The summed E-state index contributed by atoms with van der Waals surface area (Å²) in [6, 6.07) is 4.29. The molecule has 0 spiro atoms. The fourth-order valence-corrected chi connectivity index (χ4v) is 3.15. The molecule has 1 heterocycles. The molecule has 94 valence electrons. The van der Waals surface area contributed by atoms with Crippen LogP contribution < -0.4 is 5.73 Å². The second kappa shape index (κ2) is 5.14. The number of hydrogen-bond acceptors (Lipinski definition) is 3. The molecule has 5 heteroatoms. The highest BCUT2D eigenvalue weighted by Gasteiger charge is 2.24. The Labute approximate surface area is 103 Å². The van der Waals surface area contributed by atoms with Gasteiger partial charge in [-0.2, -0.15) is 0 Å². The number of nitrogens with two attached hydrogens (primary N) is 1. The molecule has 1 saturated heterocycles. The van der Waals surface area contributed by atoms with E-state index in [0.717, 1.165) is 12.8 Å². The normalized spacial score (nSPS) is 26.0. The van der Waals surface area contributed by atoms with E-state index >= 15 is 0 Å². The van der Waals surface area contributed by atoms with Gasteiger partial charge < -0.3 is 10.5 Å². The van der Waals surface area contributed by atoms with Crippen molar-refractivity contribution in [3.05, 3.63) is 24.0 Å². The molecule has 1 fully saturated rings. The summed E-state index contributed by atoms with van der Waals surface area (Å²) in [6.07, 6.45) is 2.18. The third-order valence-electron chi connectivity index (χ3n) is 2.89. The lowest BCUT2D eigenvalue weighted by molar-refractivity contribution is 0.0695. The first-order valence-corrected chi connectivity index (χ1v) is 6.97. The molecule has 1 aromatic rings.